The molecule has 30 heavy (non-hydrogen) atoms. The normalized spacial score (nSPS) is 12.1. The van der Waals surface area contributed by atoms with Crippen LogP contribution in [0, 0.1) is 13.8 Å². The molecule has 0 aliphatic rings. The molecule has 1 atom stereocenters. The minimum Gasteiger partial charge on any atom is -0.325 e. The zero-order chi connectivity index (χ0) is 21.3. The predicted molar refractivity (Wildman–Crippen MR) is 126 cm³/mol. The summed E-state index contributed by atoms with van der Waals surface area (Å²) in [6.07, 6.45) is 0. The van der Waals surface area contributed by atoms with Crippen molar-refractivity contribution in [2.45, 2.75) is 31.2 Å². The van der Waals surface area contributed by atoms with E-state index in [1.54, 1.807) is 6.92 Å². The van der Waals surface area contributed by atoms with E-state index in [1.165, 1.54) is 28.7 Å². The number of nitrogens with one attached hydrogen (secondary N) is 2. The van der Waals surface area contributed by atoms with Gasteiger partial charge < -0.3 is 10.3 Å². The summed E-state index contributed by atoms with van der Waals surface area (Å²) in [6, 6.07) is 15.7. The second kappa shape index (κ2) is 8.45. The number of aryl methyl sites for hydroxylation is 2. The molecule has 7 heteroatoms. The second-order valence-corrected chi connectivity index (χ2v) is 9.37. The molecule has 4 aromatic rings. The molecule has 0 radical (unpaired) electrons. The topological polar surface area (TPSA) is 74.8 Å². The molecule has 4 rings (SSSR count). The van der Waals surface area contributed by atoms with Gasteiger partial charge in [0.2, 0.25) is 5.91 Å². The molecule has 2 N–H and O–H groups in total. The molecule has 1 unspecified atom stereocenters. The summed E-state index contributed by atoms with van der Waals surface area (Å²) in [6.45, 7) is 5.82. The Balaban J connectivity index is 1.55. The fourth-order valence-corrected chi connectivity index (χ4v) is 4.83. The number of thioether (sulfide) groups is 1. The Bertz CT molecular complexity index is 1260. The largest absolute Gasteiger partial charge is 0.325 e. The van der Waals surface area contributed by atoms with Gasteiger partial charge in [-0.2, -0.15) is 0 Å². The van der Waals surface area contributed by atoms with Gasteiger partial charge in [-0.1, -0.05) is 59.3 Å². The molecular formula is C23H21N3O2S2. The zero-order valence-corrected chi connectivity index (χ0v) is 18.5. The lowest BCUT2D eigenvalue weighted by atomic mass is 10.1. The number of rotatable bonds is 5. The Labute approximate surface area is 182 Å². The van der Waals surface area contributed by atoms with Gasteiger partial charge in [0, 0.05) is 16.6 Å². The van der Waals surface area contributed by atoms with Crippen LogP contribution in [0.25, 0.3) is 21.3 Å². The van der Waals surface area contributed by atoms with Crippen molar-refractivity contribution in [1.82, 2.24) is 9.97 Å². The van der Waals surface area contributed by atoms with Gasteiger partial charge in [-0.25, -0.2) is 4.98 Å². The SMILES string of the molecule is Cc1ccc(NC(=O)C(C)Sc2nc3scc(-c4ccc(C)cc4)c3c(=O)[nH]2)cc1. The molecule has 0 saturated heterocycles. The number of nitrogens with zero attached hydrogens (tertiary/aromatic N) is 1. The number of aromatic nitrogens is 2. The van der Waals surface area contributed by atoms with E-state index in [0.717, 1.165) is 22.4 Å². The second-order valence-electron chi connectivity index (χ2n) is 7.18. The number of amides is 1. The van der Waals surface area contributed by atoms with Gasteiger partial charge in [0.25, 0.3) is 5.56 Å². The minimum absolute atomic E-state index is 0.141. The summed E-state index contributed by atoms with van der Waals surface area (Å²) in [5.74, 6) is -0.141. The van der Waals surface area contributed by atoms with Gasteiger partial charge in [0.1, 0.15) is 4.83 Å². The number of hydrogen-bond acceptors (Lipinski definition) is 5. The third-order valence-corrected chi connectivity index (χ3v) is 6.62. The van der Waals surface area contributed by atoms with Crippen molar-refractivity contribution in [3.05, 3.63) is 75.4 Å². The Kier molecular flexibility index (Phi) is 5.74. The summed E-state index contributed by atoms with van der Waals surface area (Å²) in [7, 11) is 0. The van der Waals surface area contributed by atoms with E-state index in [1.807, 2.05) is 67.8 Å². The van der Waals surface area contributed by atoms with Crippen LogP contribution in [0.1, 0.15) is 18.1 Å². The highest BCUT2D eigenvalue weighted by molar-refractivity contribution is 8.00. The number of fused-ring (bicyclic) bond motifs is 1. The maximum Gasteiger partial charge on any atom is 0.260 e. The van der Waals surface area contributed by atoms with E-state index in [0.29, 0.717) is 15.4 Å². The summed E-state index contributed by atoms with van der Waals surface area (Å²) in [5, 5.41) is 5.47. The third kappa shape index (κ3) is 4.32. The van der Waals surface area contributed by atoms with Gasteiger partial charge in [-0.3, -0.25) is 9.59 Å². The van der Waals surface area contributed by atoms with Crippen molar-refractivity contribution >= 4 is 44.9 Å². The van der Waals surface area contributed by atoms with Crippen LogP contribution in [0.5, 0.6) is 0 Å². The van der Waals surface area contributed by atoms with Crippen LogP contribution in [0.2, 0.25) is 0 Å². The Morgan fingerprint density at radius 2 is 1.70 bits per heavy atom. The van der Waals surface area contributed by atoms with Crippen molar-refractivity contribution in [1.29, 1.82) is 0 Å². The minimum atomic E-state index is -0.413. The van der Waals surface area contributed by atoms with E-state index in [-0.39, 0.29) is 11.5 Å². The van der Waals surface area contributed by atoms with Crippen molar-refractivity contribution in [2.75, 3.05) is 5.32 Å². The third-order valence-electron chi connectivity index (χ3n) is 4.76. The first-order valence-electron chi connectivity index (χ1n) is 9.53. The quantitative estimate of drug-likeness (QED) is 0.326. The van der Waals surface area contributed by atoms with Crippen molar-refractivity contribution in [3.8, 4) is 11.1 Å². The molecule has 1 amide bonds. The monoisotopic (exact) mass is 435 g/mol. The molecular weight excluding hydrogens is 414 g/mol. The molecule has 2 aromatic heterocycles. The van der Waals surface area contributed by atoms with E-state index in [4.69, 9.17) is 0 Å². The summed E-state index contributed by atoms with van der Waals surface area (Å²) >= 11 is 2.67. The first-order chi connectivity index (χ1) is 14.4. The maximum absolute atomic E-state index is 12.8. The summed E-state index contributed by atoms with van der Waals surface area (Å²) in [4.78, 5) is 33.4. The molecule has 0 aliphatic heterocycles. The highest BCUT2D eigenvalue weighted by atomic mass is 32.2. The predicted octanol–water partition coefficient (Wildman–Crippen LogP) is 5.39. The number of hydrogen-bond donors (Lipinski definition) is 2. The van der Waals surface area contributed by atoms with E-state index < -0.39 is 5.25 Å². The average molecular weight is 436 g/mol. The van der Waals surface area contributed by atoms with E-state index in [9.17, 15) is 9.59 Å². The number of thiophene rings is 1. The maximum atomic E-state index is 12.8. The molecule has 0 fully saturated rings. The Hall–Kier alpha value is -2.90. The van der Waals surface area contributed by atoms with Crippen LogP contribution in [-0.4, -0.2) is 21.1 Å². The van der Waals surface area contributed by atoms with Crippen molar-refractivity contribution < 1.29 is 4.79 Å². The van der Waals surface area contributed by atoms with E-state index >= 15 is 0 Å². The molecule has 0 spiro atoms. The summed E-state index contributed by atoms with van der Waals surface area (Å²) in [5.41, 5.74) is 4.73. The van der Waals surface area contributed by atoms with Crippen LogP contribution >= 0.6 is 23.1 Å². The zero-order valence-electron chi connectivity index (χ0n) is 16.9. The molecule has 152 valence electrons. The fraction of sp³-hybridized carbons (Fsp3) is 0.174. The molecule has 0 saturated carbocycles. The Morgan fingerprint density at radius 1 is 1.07 bits per heavy atom. The van der Waals surface area contributed by atoms with Crippen LogP contribution in [-0.2, 0) is 4.79 Å². The lowest BCUT2D eigenvalue weighted by Crippen LogP contribution is -2.23. The Morgan fingerprint density at radius 3 is 2.37 bits per heavy atom. The van der Waals surface area contributed by atoms with Crippen LogP contribution in [0.3, 0.4) is 0 Å². The number of H-pyrrole nitrogens is 1. The van der Waals surface area contributed by atoms with Gasteiger partial charge in [-0.05, 0) is 38.5 Å². The number of aromatic amines is 1. The highest BCUT2D eigenvalue weighted by Gasteiger charge is 2.18. The van der Waals surface area contributed by atoms with Gasteiger partial charge in [0.15, 0.2) is 5.16 Å². The number of anilines is 1. The first-order valence-corrected chi connectivity index (χ1v) is 11.3. The van der Waals surface area contributed by atoms with Crippen LogP contribution in [0.15, 0.2) is 63.9 Å². The fourth-order valence-electron chi connectivity index (χ4n) is 3.03. The van der Waals surface area contributed by atoms with Crippen LogP contribution in [0.4, 0.5) is 5.69 Å². The molecule has 0 bridgehead atoms. The smallest absolute Gasteiger partial charge is 0.260 e. The molecule has 2 aromatic carbocycles. The number of carbonyl (C=O) groups is 1. The molecule has 0 aliphatic carbocycles. The number of benzene rings is 2. The van der Waals surface area contributed by atoms with Crippen molar-refractivity contribution in [2.24, 2.45) is 0 Å². The van der Waals surface area contributed by atoms with Gasteiger partial charge in [0.05, 0.1) is 10.6 Å². The molecule has 5 nitrogen and oxygen atoms in total. The van der Waals surface area contributed by atoms with Gasteiger partial charge >= 0.3 is 0 Å². The number of carbonyl (C=O) groups excluding carboxylic acids is 1. The lowest BCUT2D eigenvalue weighted by molar-refractivity contribution is -0.115. The summed E-state index contributed by atoms with van der Waals surface area (Å²) < 4.78 is 0. The average Bonchev–Trinajstić information content (AvgIpc) is 3.15. The lowest BCUT2D eigenvalue weighted by Gasteiger charge is -2.11. The van der Waals surface area contributed by atoms with Crippen molar-refractivity contribution in [3.63, 3.8) is 0 Å². The first kappa shape index (κ1) is 20.4. The van der Waals surface area contributed by atoms with Crippen LogP contribution < -0.4 is 10.9 Å². The van der Waals surface area contributed by atoms with Gasteiger partial charge in [-0.15, -0.1) is 11.3 Å². The standard InChI is InChI=1S/C23H21N3O2S2/c1-13-4-8-16(9-5-13)18-12-29-22-19(18)21(28)25-23(26-22)30-15(3)20(27)24-17-10-6-14(2)7-11-17/h4-12,15H,1-3H3,(H,24,27)(H,25,26,28). The van der Waals surface area contributed by atoms with E-state index in [2.05, 4.69) is 15.3 Å². The molecule has 2 heterocycles. The highest BCUT2D eigenvalue weighted by Crippen LogP contribution is 2.32.